The van der Waals surface area contributed by atoms with E-state index in [-0.39, 0.29) is 5.92 Å². The molecule has 0 aromatic heterocycles. The average molecular weight is 245 g/mol. The zero-order valence-corrected chi connectivity index (χ0v) is 11.5. The molecule has 1 aromatic carbocycles. The zero-order chi connectivity index (χ0) is 13.0. The third-order valence-electron chi connectivity index (χ3n) is 3.95. The fourth-order valence-corrected chi connectivity index (χ4v) is 2.79. The van der Waals surface area contributed by atoms with Gasteiger partial charge in [0.2, 0.25) is 0 Å². The van der Waals surface area contributed by atoms with E-state index >= 15 is 0 Å². The number of carbonyl (C=O) groups is 1. The first kappa shape index (κ1) is 13.3. The Balaban J connectivity index is 2.19. The maximum absolute atomic E-state index is 12.4. The van der Waals surface area contributed by atoms with Crippen molar-refractivity contribution in [3.05, 3.63) is 34.9 Å². The summed E-state index contributed by atoms with van der Waals surface area (Å²) in [5.74, 6) is 0.400. The van der Waals surface area contributed by atoms with Crippen molar-refractivity contribution in [3.8, 4) is 0 Å². The van der Waals surface area contributed by atoms with Gasteiger partial charge in [-0.2, -0.15) is 0 Å². The van der Waals surface area contributed by atoms with E-state index in [1.807, 2.05) is 13.1 Å². The molecule has 0 saturated heterocycles. The van der Waals surface area contributed by atoms with Gasteiger partial charge in [0.1, 0.15) is 0 Å². The second-order valence-corrected chi connectivity index (χ2v) is 5.22. The molecule has 0 bridgehead atoms. The number of ketones is 1. The summed E-state index contributed by atoms with van der Waals surface area (Å²) >= 11 is 0. The summed E-state index contributed by atoms with van der Waals surface area (Å²) in [5, 5.41) is 3.11. The van der Waals surface area contributed by atoms with Crippen LogP contribution in [0.2, 0.25) is 0 Å². The van der Waals surface area contributed by atoms with Crippen LogP contribution < -0.4 is 5.32 Å². The number of Topliss-reactive ketones (excluding diaryl/α,β-unsaturated/α-hetero) is 1. The Hall–Kier alpha value is -1.15. The van der Waals surface area contributed by atoms with Crippen molar-refractivity contribution in [3.63, 3.8) is 0 Å². The Morgan fingerprint density at radius 1 is 1.28 bits per heavy atom. The lowest BCUT2D eigenvalue weighted by atomic mass is 9.87. The number of nitrogens with one attached hydrogen (secondary N) is 1. The molecule has 2 rings (SSSR count). The van der Waals surface area contributed by atoms with E-state index in [0.717, 1.165) is 24.9 Å². The molecule has 0 spiro atoms. The predicted molar refractivity (Wildman–Crippen MR) is 75.1 cm³/mol. The molecule has 1 aromatic rings. The topological polar surface area (TPSA) is 29.1 Å². The van der Waals surface area contributed by atoms with Crippen LogP contribution in [0.15, 0.2) is 18.2 Å². The number of hydrogen-bond donors (Lipinski definition) is 1. The fourth-order valence-electron chi connectivity index (χ4n) is 2.79. The van der Waals surface area contributed by atoms with Gasteiger partial charge in [0.15, 0.2) is 5.78 Å². The Morgan fingerprint density at radius 2 is 2.00 bits per heavy atom. The van der Waals surface area contributed by atoms with E-state index in [4.69, 9.17) is 0 Å². The first-order valence-corrected chi connectivity index (χ1v) is 7.07. The first-order chi connectivity index (χ1) is 8.76. The minimum absolute atomic E-state index is 0.108. The summed E-state index contributed by atoms with van der Waals surface area (Å²) in [5.41, 5.74) is 3.74. The van der Waals surface area contributed by atoms with Crippen LogP contribution in [0.5, 0.6) is 0 Å². The van der Waals surface area contributed by atoms with Gasteiger partial charge in [-0.15, -0.1) is 0 Å². The molecule has 1 aliphatic carbocycles. The smallest absolute Gasteiger partial charge is 0.167 e. The largest absolute Gasteiger partial charge is 0.319 e. The van der Waals surface area contributed by atoms with Gasteiger partial charge in [-0.3, -0.25) is 4.79 Å². The van der Waals surface area contributed by atoms with Crippen LogP contribution in [-0.2, 0) is 12.8 Å². The zero-order valence-electron chi connectivity index (χ0n) is 11.5. The van der Waals surface area contributed by atoms with E-state index in [1.54, 1.807) is 0 Å². The Labute approximate surface area is 110 Å². The van der Waals surface area contributed by atoms with E-state index in [9.17, 15) is 4.79 Å². The summed E-state index contributed by atoms with van der Waals surface area (Å²) in [6.07, 6.45) is 5.77. The van der Waals surface area contributed by atoms with Gasteiger partial charge in [0.05, 0.1) is 0 Å². The third-order valence-corrected chi connectivity index (χ3v) is 3.95. The quantitative estimate of drug-likeness (QED) is 0.808. The molecular formula is C16H23NO. The molecule has 1 atom stereocenters. The van der Waals surface area contributed by atoms with E-state index in [0.29, 0.717) is 5.78 Å². The fraction of sp³-hybridized carbons (Fsp3) is 0.562. The molecule has 0 amide bonds. The van der Waals surface area contributed by atoms with Crippen molar-refractivity contribution in [2.24, 2.45) is 5.92 Å². The molecule has 2 nitrogen and oxygen atoms in total. The van der Waals surface area contributed by atoms with Crippen molar-refractivity contribution < 1.29 is 4.79 Å². The van der Waals surface area contributed by atoms with Crippen molar-refractivity contribution in [1.29, 1.82) is 0 Å². The highest BCUT2D eigenvalue weighted by atomic mass is 16.1. The van der Waals surface area contributed by atoms with Crippen LogP contribution in [0.25, 0.3) is 0 Å². The van der Waals surface area contributed by atoms with Crippen LogP contribution in [0, 0.1) is 5.92 Å². The Bertz CT molecular complexity index is 425. The molecule has 1 N–H and O–H groups in total. The lowest BCUT2D eigenvalue weighted by molar-refractivity contribution is 0.0916. The van der Waals surface area contributed by atoms with E-state index in [1.165, 1.54) is 30.4 Å². The molecule has 0 aliphatic heterocycles. The molecular weight excluding hydrogens is 222 g/mol. The van der Waals surface area contributed by atoms with Gasteiger partial charge in [0.25, 0.3) is 0 Å². The normalized spacial score (nSPS) is 16.1. The van der Waals surface area contributed by atoms with Crippen LogP contribution in [0.4, 0.5) is 0 Å². The molecule has 0 saturated carbocycles. The van der Waals surface area contributed by atoms with E-state index in [2.05, 4.69) is 24.4 Å². The highest BCUT2D eigenvalue weighted by Gasteiger charge is 2.19. The first-order valence-electron chi connectivity index (χ1n) is 7.07. The highest BCUT2D eigenvalue weighted by molar-refractivity contribution is 5.98. The van der Waals surface area contributed by atoms with Crippen LogP contribution in [-0.4, -0.2) is 19.4 Å². The summed E-state index contributed by atoms with van der Waals surface area (Å²) in [6.45, 7) is 2.85. The number of aryl methyl sites for hydroxylation is 2. The summed E-state index contributed by atoms with van der Waals surface area (Å²) in [6, 6.07) is 6.31. The monoisotopic (exact) mass is 245 g/mol. The molecule has 0 fully saturated rings. The highest BCUT2D eigenvalue weighted by Crippen LogP contribution is 2.23. The minimum atomic E-state index is 0.108. The second kappa shape index (κ2) is 6.14. The molecule has 0 heterocycles. The summed E-state index contributed by atoms with van der Waals surface area (Å²) in [4.78, 5) is 12.4. The third kappa shape index (κ3) is 2.81. The minimum Gasteiger partial charge on any atom is -0.319 e. The summed E-state index contributed by atoms with van der Waals surface area (Å²) < 4.78 is 0. The maximum Gasteiger partial charge on any atom is 0.167 e. The number of fused-ring (bicyclic) bond motifs is 1. The predicted octanol–water partition coefficient (Wildman–Crippen LogP) is 2.99. The van der Waals surface area contributed by atoms with Gasteiger partial charge in [-0.1, -0.05) is 19.1 Å². The SMILES string of the molecule is CCC(CNC)C(=O)c1ccc2c(c1)CCCC2. The molecule has 98 valence electrons. The van der Waals surface area contributed by atoms with Crippen molar-refractivity contribution in [1.82, 2.24) is 5.32 Å². The standard InChI is InChI=1S/C16H23NO/c1-3-12(11-17-2)16(18)15-9-8-13-6-4-5-7-14(13)10-15/h8-10,12,17H,3-7,11H2,1-2H3. The van der Waals surface area contributed by atoms with E-state index < -0.39 is 0 Å². The van der Waals surface area contributed by atoms with Gasteiger partial charge in [0, 0.05) is 18.0 Å². The van der Waals surface area contributed by atoms with Crippen LogP contribution in [0.3, 0.4) is 0 Å². The maximum atomic E-state index is 12.4. The van der Waals surface area contributed by atoms with Crippen molar-refractivity contribution in [2.45, 2.75) is 39.0 Å². The Kier molecular flexibility index (Phi) is 4.54. The molecule has 0 radical (unpaired) electrons. The number of benzene rings is 1. The second-order valence-electron chi connectivity index (χ2n) is 5.22. The number of hydrogen-bond acceptors (Lipinski definition) is 2. The van der Waals surface area contributed by atoms with Crippen LogP contribution in [0.1, 0.15) is 47.7 Å². The molecule has 1 aliphatic rings. The molecule has 18 heavy (non-hydrogen) atoms. The number of rotatable bonds is 5. The summed E-state index contributed by atoms with van der Waals surface area (Å²) in [7, 11) is 1.91. The van der Waals surface area contributed by atoms with Crippen molar-refractivity contribution in [2.75, 3.05) is 13.6 Å². The van der Waals surface area contributed by atoms with Gasteiger partial charge >= 0.3 is 0 Å². The van der Waals surface area contributed by atoms with Gasteiger partial charge in [-0.05, 0) is 56.3 Å². The Morgan fingerprint density at radius 3 is 2.67 bits per heavy atom. The van der Waals surface area contributed by atoms with Gasteiger partial charge < -0.3 is 5.32 Å². The lowest BCUT2D eigenvalue weighted by Gasteiger charge is -2.18. The van der Waals surface area contributed by atoms with Gasteiger partial charge in [-0.25, -0.2) is 0 Å². The number of carbonyl (C=O) groups excluding carboxylic acids is 1. The van der Waals surface area contributed by atoms with Crippen LogP contribution >= 0.6 is 0 Å². The molecule has 1 unspecified atom stereocenters. The van der Waals surface area contributed by atoms with Crippen molar-refractivity contribution >= 4 is 5.78 Å². The molecule has 2 heteroatoms. The average Bonchev–Trinajstić information content (AvgIpc) is 2.43. The lowest BCUT2D eigenvalue weighted by Crippen LogP contribution is -2.26.